The fourth-order valence-electron chi connectivity index (χ4n) is 4.28. The van der Waals surface area contributed by atoms with Gasteiger partial charge in [0.2, 0.25) is 0 Å². The van der Waals surface area contributed by atoms with Crippen LogP contribution in [0.1, 0.15) is 45.3 Å². The number of nitrogens with one attached hydrogen (secondary N) is 1. The molecular weight excluding hydrogens is 466 g/mol. The summed E-state index contributed by atoms with van der Waals surface area (Å²) in [5.41, 5.74) is 9.16. The molecule has 0 spiro atoms. The summed E-state index contributed by atoms with van der Waals surface area (Å²) in [5, 5.41) is 30.8. The van der Waals surface area contributed by atoms with E-state index in [-0.39, 0.29) is 22.2 Å². The van der Waals surface area contributed by atoms with E-state index in [0.717, 1.165) is 52.9 Å². The number of aryl methyl sites for hydroxylation is 3. The molecule has 3 aromatic rings. The molecule has 0 unspecified atom stereocenters. The summed E-state index contributed by atoms with van der Waals surface area (Å²) in [5.74, 6) is -1.51. The van der Waals surface area contributed by atoms with Crippen LogP contribution in [0.2, 0.25) is 0 Å². The Morgan fingerprint density at radius 1 is 1.17 bits per heavy atom. The van der Waals surface area contributed by atoms with Gasteiger partial charge in [0, 0.05) is 0 Å². The predicted octanol–water partition coefficient (Wildman–Crippen LogP) is 4.51. The number of amides is 1. The zero-order valence-corrected chi connectivity index (χ0v) is 20.2. The van der Waals surface area contributed by atoms with Gasteiger partial charge in [0.15, 0.2) is 11.5 Å². The molecule has 1 aliphatic heterocycles. The number of phenols is 1. The number of nitrogens with zero attached hydrogens (tertiary/aromatic N) is 4. The summed E-state index contributed by atoms with van der Waals surface area (Å²) < 4.78 is 0. The smallest absolute Gasteiger partial charge is 0.347 e. The third kappa shape index (κ3) is 3.95. The Kier molecular flexibility index (Phi) is 5.60. The van der Waals surface area contributed by atoms with Crippen LogP contribution in [-0.2, 0) is 17.6 Å². The zero-order valence-electron chi connectivity index (χ0n) is 19.4. The van der Waals surface area contributed by atoms with E-state index >= 15 is 0 Å². The summed E-state index contributed by atoms with van der Waals surface area (Å²) in [6.07, 6.45) is 3.78. The number of phenolic OH excluding ortho intramolecular Hbond substituents is 1. The number of anilines is 2. The summed E-state index contributed by atoms with van der Waals surface area (Å²) in [6.45, 7) is 5.69. The number of hydrogen-bond donors (Lipinski definition) is 3. The molecule has 1 aromatic heterocycles. The van der Waals surface area contributed by atoms with Crippen molar-refractivity contribution in [2.45, 2.75) is 40.0 Å². The number of benzene rings is 2. The topological polar surface area (TPSA) is 127 Å². The molecule has 1 amide bonds. The zero-order chi connectivity index (χ0) is 24.9. The molecule has 0 atom stereocenters. The lowest BCUT2D eigenvalue weighted by Gasteiger charge is -2.15. The molecule has 178 valence electrons. The van der Waals surface area contributed by atoms with Gasteiger partial charge in [-0.2, -0.15) is 15.2 Å². The van der Waals surface area contributed by atoms with Crippen molar-refractivity contribution in [1.29, 1.82) is 0 Å². The van der Waals surface area contributed by atoms with Crippen LogP contribution in [0.15, 0.2) is 40.7 Å². The number of carboxylic acid groups (broad SMARTS) is 1. The van der Waals surface area contributed by atoms with Crippen LogP contribution in [0.4, 0.5) is 11.4 Å². The molecule has 35 heavy (non-hydrogen) atoms. The summed E-state index contributed by atoms with van der Waals surface area (Å²) in [4.78, 5) is 28.7. The van der Waals surface area contributed by atoms with Crippen LogP contribution in [0.5, 0.6) is 5.75 Å². The van der Waals surface area contributed by atoms with Gasteiger partial charge in [0.05, 0.1) is 23.2 Å². The molecule has 0 bridgehead atoms. The predicted molar refractivity (Wildman–Crippen MR) is 136 cm³/mol. The fourth-order valence-corrected chi connectivity index (χ4v) is 5.06. The number of thiazole rings is 1. The second-order valence-electron chi connectivity index (χ2n) is 8.62. The third-order valence-corrected chi connectivity index (χ3v) is 7.34. The van der Waals surface area contributed by atoms with Crippen LogP contribution >= 0.6 is 11.3 Å². The lowest BCUT2D eigenvalue weighted by atomic mass is 10.0. The van der Waals surface area contributed by atoms with Gasteiger partial charge >= 0.3 is 11.9 Å². The highest BCUT2D eigenvalue weighted by Crippen LogP contribution is 2.44. The van der Waals surface area contributed by atoms with Gasteiger partial charge in [-0.3, -0.25) is 10.2 Å². The third-order valence-electron chi connectivity index (χ3n) is 6.32. The second kappa shape index (κ2) is 8.62. The van der Waals surface area contributed by atoms with E-state index in [1.54, 1.807) is 6.92 Å². The van der Waals surface area contributed by atoms with Gasteiger partial charge in [-0.25, -0.2) is 9.78 Å². The van der Waals surface area contributed by atoms with Crippen molar-refractivity contribution in [2.24, 2.45) is 10.2 Å². The molecule has 0 fully saturated rings. The van der Waals surface area contributed by atoms with E-state index in [4.69, 9.17) is 0 Å². The second-order valence-corrected chi connectivity index (χ2v) is 9.65. The van der Waals surface area contributed by atoms with Crippen LogP contribution in [0.25, 0.3) is 10.6 Å². The highest BCUT2D eigenvalue weighted by molar-refractivity contribution is 7.16. The standard InChI is InChI=1S/C25H23N5O4S/c1-12-7-8-16(9-13(12)2)30-24(32)20(14(3)29-30)27-28-21-17-6-4-5-15(17)10-18(22(21)31)23-26-11-19(35-23)25(33)34/h7-11,28,31H,4-6H2,1-3H3,(H,33,34)/b27-20-. The van der Waals surface area contributed by atoms with Crippen molar-refractivity contribution in [3.63, 3.8) is 0 Å². The van der Waals surface area contributed by atoms with Crippen molar-refractivity contribution >= 4 is 46.0 Å². The Labute approximate surface area is 205 Å². The maximum Gasteiger partial charge on any atom is 0.347 e. The van der Waals surface area contributed by atoms with Crippen molar-refractivity contribution in [3.8, 4) is 16.3 Å². The number of carbonyl (C=O) groups is 2. The van der Waals surface area contributed by atoms with Crippen molar-refractivity contribution < 1.29 is 19.8 Å². The monoisotopic (exact) mass is 489 g/mol. The number of hydrogen-bond acceptors (Lipinski definition) is 8. The molecule has 0 saturated carbocycles. The number of aromatic carboxylic acids is 1. The molecule has 1 aliphatic carbocycles. The van der Waals surface area contributed by atoms with Gasteiger partial charge in [0.1, 0.15) is 15.6 Å². The van der Waals surface area contributed by atoms with Gasteiger partial charge in [0.25, 0.3) is 0 Å². The highest BCUT2D eigenvalue weighted by atomic mass is 32.1. The van der Waals surface area contributed by atoms with Crippen molar-refractivity contribution in [1.82, 2.24) is 4.98 Å². The van der Waals surface area contributed by atoms with Gasteiger partial charge in [-0.15, -0.1) is 11.3 Å². The Hall–Kier alpha value is -4.05. The number of aromatic hydroxyl groups is 1. The van der Waals surface area contributed by atoms with Crippen LogP contribution < -0.4 is 10.4 Å². The SMILES string of the molecule is CC1=NN(c2ccc(C)c(C)c2)C(=O)/C1=N\Nc1c(O)c(-c2ncc(C(=O)O)s2)cc2c1CCC2. The number of rotatable bonds is 5. The molecule has 10 heteroatoms. The lowest BCUT2D eigenvalue weighted by molar-refractivity contribution is -0.112. The molecule has 0 saturated heterocycles. The molecule has 5 rings (SSSR count). The number of carbonyl (C=O) groups excluding carboxylic acids is 1. The molecule has 0 radical (unpaired) electrons. The molecule has 3 N–H and O–H groups in total. The first kappa shape index (κ1) is 22.7. The van der Waals surface area contributed by atoms with Gasteiger partial charge in [-0.05, 0) is 80.5 Å². The first-order valence-corrected chi connectivity index (χ1v) is 11.9. The lowest BCUT2D eigenvalue weighted by Crippen LogP contribution is -2.28. The van der Waals surface area contributed by atoms with E-state index in [0.29, 0.717) is 27.7 Å². The minimum atomic E-state index is -1.07. The van der Waals surface area contributed by atoms with E-state index in [9.17, 15) is 19.8 Å². The maximum absolute atomic E-state index is 13.1. The average Bonchev–Trinajstić information content (AvgIpc) is 3.55. The fraction of sp³-hybridized carbons (Fsp3) is 0.240. The Morgan fingerprint density at radius 3 is 2.69 bits per heavy atom. The first-order valence-electron chi connectivity index (χ1n) is 11.1. The van der Waals surface area contributed by atoms with Crippen LogP contribution in [0, 0.1) is 13.8 Å². The minimum absolute atomic E-state index is 0.0765. The van der Waals surface area contributed by atoms with Gasteiger partial charge < -0.3 is 10.2 Å². The van der Waals surface area contributed by atoms with Gasteiger partial charge in [-0.1, -0.05) is 6.07 Å². The van der Waals surface area contributed by atoms with Crippen molar-refractivity contribution in [3.05, 3.63) is 57.6 Å². The Morgan fingerprint density at radius 2 is 1.97 bits per heavy atom. The molecule has 2 heterocycles. The molecule has 9 nitrogen and oxygen atoms in total. The molecule has 2 aromatic carbocycles. The molecular formula is C25H23N5O4S. The summed E-state index contributed by atoms with van der Waals surface area (Å²) in [6, 6.07) is 7.55. The Bertz CT molecular complexity index is 1460. The normalized spacial score (nSPS) is 16.1. The number of hydrazone groups is 2. The summed E-state index contributed by atoms with van der Waals surface area (Å²) >= 11 is 0.992. The first-order chi connectivity index (χ1) is 16.7. The average molecular weight is 490 g/mol. The van der Waals surface area contributed by atoms with E-state index in [2.05, 4.69) is 20.6 Å². The Balaban J connectivity index is 1.49. The largest absolute Gasteiger partial charge is 0.505 e. The quantitative estimate of drug-likeness (QED) is 0.357. The number of aromatic nitrogens is 1. The minimum Gasteiger partial charge on any atom is -0.505 e. The highest BCUT2D eigenvalue weighted by Gasteiger charge is 2.31. The summed E-state index contributed by atoms with van der Waals surface area (Å²) in [7, 11) is 0. The maximum atomic E-state index is 13.1. The van der Waals surface area contributed by atoms with E-state index < -0.39 is 5.97 Å². The van der Waals surface area contributed by atoms with E-state index in [1.807, 2.05) is 38.1 Å². The van der Waals surface area contributed by atoms with Crippen LogP contribution in [0.3, 0.4) is 0 Å². The van der Waals surface area contributed by atoms with E-state index in [1.165, 1.54) is 11.2 Å². The van der Waals surface area contributed by atoms with Crippen molar-refractivity contribution in [2.75, 3.05) is 10.4 Å². The number of carboxylic acids is 1. The van der Waals surface area contributed by atoms with Crippen LogP contribution in [-0.4, -0.2) is 38.5 Å². The number of fused-ring (bicyclic) bond motifs is 1. The molecule has 2 aliphatic rings.